The van der Waals surface area contributed by atoms with E-state index < -0.39 is 11.9 Å². The summed E-state index contributed by atoms with van der Waals surface area (Å²) in [4.78, 5) is 24.3. The van der Waals surface area contributed by atoms with Crippen molar-refractivity contribution in [3.8, 4) is 0 Å². The van der Waals surface area contributed by atoms with Gasteiger partial charge in [-0.25, -0.2) is 4.79 Å². The number of nitrogens with zero attached hydrogens (tertiary/aromatic N) is 1. The smallest absolute Gasteiger partial charge is 0.317 e. The van der Waals surface area contributed by atoms with E-state index in [2.05, 4.69) is 12.2 Å². The van der Waals surface area contributed by atoms with E-state index in [1.54, 1.807) is 4.90 Å². The summed E-state index contributed by atoms with van der Waals surface area (Å²) in [6.45, 7) is 5.02. The largest absolute Gasteiger partial charge is 0.481 e. The standard InChI is InChI=1S/C12H22N2O3/c1-3-5-10(4-2)13-12(17)14-7-6-9(8-14)11(15)16/h9-10H,3-8H2,1-2H3,(H,13,17)(H,15,16). The number of amides is 2. The first-order chi connectivity index (χ1) is 8.08. The lowest BCUT2D eigenvalue weighted by Crippen LogP contribution is -2.43. The van der Waals surface area contributed by atoms with Gasteiger partial charge in [0.05, 0.1) is 5.92 Å². The van der Waals surface area contributed by atoms with Crippen LogP contribution in [0, 0.1) is 5.92 Å². The molecule has 2 N–H and O–H groups in total. The second-order valence-corrected chi connectivity index (χ2v) is 4.61. The monoisotopic (exact) mass is 242 g/mol. The van der Waals surface area contributed by atoms with Crippen molar-refractivity contribution in [2.24, 2.45) is 5.92 Å². The van der Waals surface area contributed by atoms with Crippen LogP contribution in [-0.2, 0) is 4.79 Å². The first-order valence-corrected chi connectivity index (χ1v) is 6.36. The fourth-order valence-corrected chi connectivity index (χ4v) is 2.14. The molecule has 1 saturated heterocycles. The number of hydrogen-bond acceptors (Lipinski definition) is 2. The van der Waals surface area contributed by atoms with E-state index in [-0.39, 0.29) is 12.1 Å². The Bertz CT molecular complexity index is 281. The van der Waals surface area contributed by atoms with Crippen molar-refractivity contribution in [3.05, 3.63) is 0 Å². The SMILES string of the molecule is CCCC(CC)NC(=O)N1CCC(C(=O)O)C1. The number of carbonyl (C=O) groups excluding carboxylic acids is 1. The Kier molecular flexibility index (Phi) is 5.25. The maximum atomic E-state index is 11.9. The zero-order valence-electron chi connectivity index (χ0n) is 10.6. The fourth-order valence-electron chi connectivity index (χ4n) is 2.14. The number of rotatable bonds is 5. The maximum absolute atomic E-state index is 11.9. The number of nitrogens with one attached hydrogen (secondary N) is 1. The summed E-state index contributed by atoms with van der Waals surface area (Å²) in [5.74, 6) is -1.20. The minimum absolute atomic E-state index is 0.117. The van der Waals surface area contributed by atoms with E-state index >= 15 is 0 Å². The molecule has 0 aromatic heterocycles. The van der Waals surface area contributed by atoms with Gasteiger partial charge in [-0.1, -0.05) is 20.3 Å². The van der Waals surface area contributed by atoms with Gasteiger partial charge >= 0.3 is 12.0 Å². The number of hydrogen-bond donors (Lipinski definition) is 2. The summed E-state index contributed by atoms with van der Waals surface area (Å²) in [6.07, 6.45) is 3.48. The van der Waals surface area contributed by atoms with Crippen molar-refractivity contribution in [3.63, 3.8) is 0 Å². The Morgan fingerprint density at radius 3 is 2.65 bits per heavy atom. The van der Waals surface area contributed by atoms with Gasteiger partial charge in [0.2, 0.25) is 0 Å². The highest BCUT2D eigenvalue weighted by atomic mass is 16.4. The predicted octanol–water partition coefficient (Wildman–Crippen LogP) is 1.68. The molecule has 1 fully saturated rings. The van der Waals surface area contributed by atoms with Crippen molar-refractivity contribution in [1.29, 1.82) is 0 Å². The minimum Gasteiger partial charge on any atom is -0.481 e. The Balaban J connectivity index is 2.41. The number of urea groups is 1. The highest BCUT2D eigenvalue weighted by Gasteiger charge is 2.31. The van der Waals surface area contributed by atoms with Crippen LogP contribution in [0.1, 0.15) is 39.5 Å². The Hall–Kier alpha value is -1.26. The van der Waals surface area contributed by atoms with Gasteiger partial charge in [-0.3, -0.25) is 4.79 Å². The molecule has 0 aromatic carbocycles. The van der Waals surface area contributed by atoms with Gasteiger partial charge in [0.25, 0.3) is 0 Å². The lowest BCUT2D eigenvalue weighted by Gasteiger charge is -2.22. The number of likely N-dealkylation sites (tertiary alicyclic amines) is 1. The Morgan fingerprint density at radius 2 is 2.18 bits per heavy atom. The lowest BCUT2D eigenvalue weighted by atomic mass is 10.1. The van der Waals surface area contributed by atoms with Gasteiger partial charge in [0, 0.05) is 19.1 Å². The van der Waals surface area contributed by atoms with Crippen LogP contribution in [0.15, 0.2) is 0 Å². The summed E-state index contributed by atoms with van der Waals surface area (Å²) in [5.41, 5.74) is 0. The highest BCUT2D eigenvalue weighted by Crippen LogP contribution is 2.16. The summed E-state index contributed by atoms with van der Waals surface area (Å²) in [7, 11) is 0. The molecule has 2 amide bonds. The molecule has 0 radical (unpaired) electrons. The molecule has 0 spiro atoms. The third-order valence-corrected chi connectivity index (χ3v) is 3.28. The molecule has 1 heterocycles. The summed E-state index contributed by atoms with van der Waals surface area (Å²) >= 11 is 0. The summed E-state index contributed by atoms with van der Waals surface area (Å²) in [6, 6.07) is 0.0884. The average molecular weight is 242 g/mol. The quantitative estimate of drug-likeness (QED) is 0.770. The maximum Gasteiger partial charge on any atom is 0.317 e. The average Bonchev–Trinajstić information content (AvgIpc) is 2.77. The van der Waals surface area contributed by atoms with E-state index in [4.69, 9.17) is 5.11 Å². The van der Waals surface area contributed by atoms with E-state index in [1.165, 1.54) is 0 Å². The summed E-state index contributed by atoms with van der Waals surface area (Å²) < 4.78 is 0. The van der Waals surface area contributed by atoms with Gasteiger partial charge in [-0.15, -0.1) is 0 Å². The molecule has 1 rings (SSSR count). The van der Waals surface area contributed by atoms with Crippen LogP contribution in [0.2, 0.25) is 0 Å². The van der Waals surface area contributed by atoms with Crippen LogP contribution in [-0.4, -0.2) is 41.1 Å². The topological polar surface area (TPSA) is 69.6 Å². The molecule has 5 nitrogen and oxygen atoms in total. The van der Waals surface area contributed by atoms with Gasteiger partial charge in [-0.2, -0.15) is 0 Å². The van der Waals surface area contributed by atoms with Crippen molar-refractivity contribution in [2.45, 2.75) is 45.6 Å². The van der Waals surface area contributed by atoms with E-state index in [9.17, 15) is 9.59 Å². The first-order valence-electron chi connectivity index (χ1n) is 6.36. The number of carboxylic acid groups (broad SMARTS) is 1. The molecule has 0 bridgehead atoms. The van der Waals surface area contributed by atoms with Crippen molar-refractivity contribution < 1.29 is 14.7 Å². The second-order valence-electron chi connectivity index (χ2n) is 4.61. The van der Waals surface area contributed by atoms with Gasteiger partial charge < -0.3 is 15.3 Å². The van der Waals surface area contributed by atoms with Crippen LogP contribution < -0.4 is 5.32 Å². The molecule has 0 aliphatic carbocycles. The molecular weight excluding hydrogens is 220 g/mol. The van der Waals surface area contributed by atoms with E-state index in [0.717, 1.165) is 19.3 Å². The molecule has 1 aliphatic heterocycles. The van der Waals surface area contributed by atoms with Crippen molar-refractivity contribution >= 4 is 12.0 Å². The highest BCUT2D eigenvalue weighted by molar-refractivity contribution is 5.77. The molecule has 1 aliphatic rings. The molecule has 17 heavy (non-hydrogen) atoms. The second kappa shape index (κ2) is 6.47. The van der Waals surface area contributed by atoms with Crippen LogP contribution in [0.5, 0.6) is 0 Å². The van der Waals surface area contributed by atoms with Crippen molar-refractivity contribution in [1.82, 2.24) is 10.2 Å². The van der Waals surface area contributed by atoms with Crippen LogP contribution in [0.25, 0.3) is 0 Å². The van der Waals surface area contributed by atoms with E-state index in [0.29, 0.717) is 19.5 Å². The molecule has 2 atom stereocenters. The molecule has 0 aromatic rings. The molecule has 98 valence electrons. The number of carboxylic acids is 1. The zero-order chi connectivity index (χ0) is 12.8. The number of carbonyl (C=O) groups is 2. The molecular formula is C12H22N2O3. The van der Waals surface area contributed by atoms with Crippen LogP contribution in [0.3, 0.4) is 0 Å². The molecule has 2 unspecified atom stereocenters. The number of aliphatic carboxylic acids is 1. The van der Waals surface area contributed by atoms with Crippen LogP contribution in [0.4, 0.5) is 4.79 Å². The van der Waals surface area contributed by atoms with Crippen molar-refractivity contribution in [2.75, 3.05) is 13.1 Å². The Morgan fingerprint density at radius 1 is 1.47 bits per heavy atom. The molecule has 0 saturated carbocycles. The Labute approximate surface area is 102 Å². The fraction of sp³-hybridized carbons (Fsp3) is 0.833. The lowest BCUT2D eigenvalue weighted by molar-refractivity contribution is -0.141. The normalized spacial score (nSPS) is 21.3. The minimum atomic E-state index is -0.805. The third kappa shape index (κ3) is 3.91. The van der Waals surface area contributed by atoms with Gasteiger partial charge in [-0.05, 0) is 19.3 Å². The van der Waals surface area contributed by atoms with Crippen LogP contribution >= 0.6 is 0 Å². The predicted molar refractivity (Wildman–Crippen MR) is 64.8 cm³/mol. The first kappa shape index (κ1) is 13.8. The van der Waals surface area contributed by atoms with Gasteiger partial charge in [0.15, 0.2) is 0 Å². The molecule has 5 heteroatoms. The summed E-state index contributed by atoms with van der Waals surface area (Å²) in [5, 5.41) is 11.8. The third-order valence-electron chi connectivity index (χ3n) is 3.28. The zero-order valence-corrected chi connectivity index (χ0v) is 10.6. The van der Waals surface area contributed by atoms with Gasteiger partial charge in [0.1, 0.15) is 0 Å². The van der Waals surface area contributed by atoms with E-state index in [1.807, 2.05) is 6.92 Å².